The number of aromatic carboxylic acids is 1. The standard InChI is InChI=1S/C8H7BrO4/c1-3-5(10)2-4(9)6(7(3)11)8(12)13/h2,10-11H,1H3,(H,12,13). The van der Waals surface area contributed by atoms with Crippen LogP contribution in [0.5, 0.6) is 11.5 Å². The van der Waals surface area contributed by atoms with Crippen molar-refractivity contribution in [3.05, 3.63) is 21.7 Å². The minimum absolute atomic E-state index is 0.144. The monoisotopic (exact) mass is 246 g/mol. The van der Waals surface area contributed by atoms with Gasteiger partial charge in [-0.05, 0) is 28.9 Å². The largest absolute Gasteiger partial charge is 0.508 e. The summed E-state index contributed by atoms with van der Waals surface area (Å²) in [6, 6.07) is 1.23. The van der Waals surface area contributed by atoms with E-state index in [0.717, 1.165) is 0 Å². The Balaban J connectivity index is 3.53. The zero-order valence-electron chi connectivity index (χ0n) is 6.71. The number of carboxylic acid groups (broad SMARTS) is 1. The summed E-state index contributed by atoms with van der Waals surface area (Å²) in [7, 11) is 0. The number of phenols is 2. The van der Waals surface area contributed by atoms with Gasteiger partial charge in [0, 0.05) is 10.0 Å². The van der Waals surface area contributed by atoms with E-state index in [1.165, 1.54) is 13.0 Å². The maximum absolute atomic E-state index is 10.6. The Labute approximate surface area is 82.6 Å². The van der Waals surface area contributed by atoms with Crippen LogP contribution in [-0.2, 0) is 0 Å². The third kappa shape index (κ3) is 1.60. The predicted molar refractivity (Wildman–Crippen MR) is 49.2 cm³/mol. The number of aromatic hydroxyl groups is 2. The van der Waals surface area contributed by atoms with E-state index in [0.29, 0.717) is 0 Å². The third-order valence-corrected chi connectivity index (χ3v) is 2.32. The number of phenolic OH excluding ortho intramolecular Hbond substituents is 1. The van der Waals surface area contributed by atoms with Crippen molar-refractivity contribution in [1.29, 1.82) is 0 Å². The summed E-state index contributed by atoms with van der Waals surface area (Å²) in [5, 5.41) is 27.3. The second-order valence-corrected chi connectivity index (χ2v) is 3.39. The Hall–Kier alpha value is -1.23. The van der Waals surface area contributed by atoms with Crippen LogP contribution in [0.3, 0.4) is 0 Å². The van der Waals surface area contributed by atoms with Gasteiger partial charge in [0.1, 0.15) is 17.1 Å². The van der Waals surface area contributed by atoms with Crippen LogP contribution in [0.2, 0.25) is 0 Å². The van der Waals surface area contributed by atoms with E-state index >= 15 is 0 Å². The van der Waals surface area contributed by atoms with Crippen molar-refractivity contribution in [1.82, 2.24) is 0 Å². The molecule has 3 N–H and O–H groups in total. The maximum Gasteiger partial charge on any atom is 0.340 e. The second kappa shape index (κ2) is 3.26. The van der Waals surface area contributed by atoms with Crippen LogP contribution in [0, 0.1) is 6.92 Å². The summed E-state index contributed by atoms with van der Waals surface area (Å²) in [5.74, 6) is -1.80. The smallest absolute Gasteiger partial charge is 0.340 e. The van der Waals surface area contributed by atoms with Gasteiger partial charge < -0.3 is 15.3 Å². The lowest BCUT2D eigenvalue weighted by Crippen LogP contribution is -1.99. The molecule has 0 aliphatic rings. The summed E-state index contributed by atoms with van der Waals surface area (Å²) < 4.78 is 0.153. The lowest BCUT2D eigenvalue weighted by atomic mass is 10.1. The minimum Gasteiger partial charge on any atom is -0.508 e. The highest BCUT2D eigenvalue weighted by atomic mass is 79.9. The van der Waals surface area contributed by atoms with E-state index in [9.17, 15) is 15.0 Å². The van der Waals surface area contributed by atoms with Crippen molar-refractivity contribution in [2.24, 2.45) is 0 Å². The summed E-state index contributed by atoms with van der Waals surface area (Å²) in [5.41, 5.74) is -0.0871. The molecule has 5 heteroatoms. The first-order valence-corrected chi connectivity index (χ1v) is 4.18. The molecule has 0 aliphatic carbocycles. The van der Waals surface area contributed by atoms with Crippen LogP contribution in [0.1, 0.15) is 15.9 Å². The molecule has 4 nitrogen and oxygen atoms in total. The van der Waals surface area contributed by atoms with Crippen LogP contribution < -0.4 is 0 Å². The zero-order chi connectivity index (χ0) is 10.2. The molecule has 0 aliphatic heterocycles. The first-order valence-electron chi connectivity index (χ1n) is 3.39. The zero-order valence-corrected chi connectivity index (χ0v) is 8.29. The van der Waals surface area contributed by atoms with Crippen LogP contribution in [0.4, 0.5) is 0 Å². The summed E-state index contributed by atoms with van der Waals surface area (Å²) in [6.45, 7) is 1.43. The van der Waals surface area contributed by atoms with Gasteiger partial charge in [-0.1, -0.05) is 0 Å². The Morgan fingerprint density at radius 1 is 1.46 bits per heavy atom. The third-order valence-electron chi connectivity index (χ3n) is 1.69. The highest BCUT2D eigenvalue weighted by Gasteiger charge is 2.18. The molecule has 0 fully saturated rings. The van der Waals surface area contributed by atoms with Gasteiger partial charge in [0.2, 0.25) is 0 Å². The summed E-state index contributed by atoms with van der Waals surface area (Å²) >= 11 is 2.93. The molecule has 1 aromatic rings. The van der Waals surface area contributed by atoms with Crippen LogP contribution in [0.15, 0.2) is 10.5 Å². The molecule has 0 unspecified atom stereocenters. The number of benzene rings is 1. The molecule has 1 aromatic carbocycles. The predicted octanol–water partition coefficient (Wildman–Crippen LogP) is 1.87. The molecule has 0 saturated carbocycles. The van der Waals surface area contributed by atoms with Gasteiger partial charge in [-0.15, -0.1) is 0 Å². The molecule has 0 atom stereocenters. The van der Waals surface area contributed by atoms with E-state index < -0.39 is 11.7 Å². The van der Waals surface area contributed by atoms with Crippen LogP contribution in [-0.4, -0.2) is 21.3 Å². The SMILES string of the molecule is Cc1c(O)cc(Br)c(C(=O)O)c1O. The molecule has 70 valence electrons. The van der Waals surface area contributed by atoms with Gasteiger partial charge in [-0.25, -0.2) is 4.79 Å². The van der Waals surface area contributed by atoms with Gasteiger partial charge in [0.15, 0.2) is 0 Å². The van der Waals surface area contributed by atoms with Gasteiger partial charge in [-0.2, -0.15) is 0 Å². The Kier molecular flexibility index (Phi) is 2.47. The molecule has 0 radical (unpaired) electrons. The topological polar surface area (TPSA) is 77.8 Å². The summed E-state index contributed by atoms with van der Waals surface area (Å²) in [4.78, 5) is 10.6. The highest BCUT2D eigenvalue weighted by Crippen LogP contribution is 2.35. The molecule has 13 heavy (non-hydrogen) atoms. The van der Waals surface area contributed by atoms with Crippen molar-refractivity contribution >= 4 is 21.9 Å². The number of carbonyl (C=O) groups is 1. The number of rotatable bonds is 1. The normalized spacial score (nSPS) is 10.0. The van der Waals surface area contributed by atoms with E-state index in [2.05, 4.69) is 15.9 Å². The first kappa shape index (κ1) is 9.85. The van der Waals surface area contributed by atoms with Gasteiger partial charge in [0.25, 0.3) is 0 Å². The van der Waals surface area contributed by atoms with Gasteiger partial charge >= 0.3 is 5.97 Å². The fraction of sp³-hybridized carbons (Fsp3) is 0.125. The second-order valence-electron chi connectivity index (χ2n) is 2.53. The minimum atomic E-state index is -1.24. The lowest BCUT2D eigenvalue weighted by Gasteiger charge is -2.07. The molecule has 0 heterocycles. The van der Waals surface area contributed by atoms with E-state index in [4.69, 9.17) is 5.11 Å². The van der Waals surface area contributed by atoms with Crippen LogP contribution in [0.25, 0.3) is 0 Å². The lowest BCUT2D eigenvalue weighted by molar-refractivity contribution is 0.0692. The molecule has 0 spiro atoms. The van der Waals surface area contributed by atoms with E-state index in [-0.39, 0.29) is 21.3 Å². The van der Waals surface area contributed by atoms with Crippen molar-refractivity contribution in [3.63, 3.8) is 0 Å². The number of hydrogen-bond acceptors (Lipinski definition) is 3. The van der Waals surface area contributed by atoms with Crippen molar-refractivity contribution in [2.75, 3.05) is 0 Å². The quantitative estimate of drug-likeness (QED) is 0.707. The van der Waals surface area contributed by atoms with Gasteiger partial charge in [0.05, 0.1) is 0 Å². The van der Waals surface area contributed by atoms with Crippen molar-refractivity contribution in [3.8, 4) is 11.5 Å². The molecule has 0 aromatic heterocycles. The molecular formula is C8H7BrO4. The first-order chi connectivity index (χ1) is 5.95. The Bertz CT molecular complexity index is 373. The Morgan fingerprint density at radius 2 is 2.00 bits per heavy atom. The molecular weight excluding hydrogens is 240 g/mol. The number of carboxylic acids is 1. The maximum atomic E-state index is 10.6. The van der Waals surface area contributed by atoms with Crippen molar-refractivity contribution < 1.29 is 20.1 Å². The fourth-order valence-corrected chi connectivity index (χ4v) is 1.50. The average Bonchev–Trinajstić information content (AvgIpc) is 1.99. The highest BCUT2D eigenvalue weighted by molar-refractivity contribution is 9.10. The molecule has 0 saturated heterocycles. The summed E-state index contributed by atoms with van der Waals surface area (Å²) in [6.07, 6.45) is 0. The number of hydrogen-bond donors (Lipinski definition) is 3. The molecule has 0 bridgehead atoms. The molecule has 1 rings (SSSR count). The fourth-order valence-electron chi connectivity index (χ4n) is 0.926. The van der Waals surface area contributed by atoms with E-state index in [1.54, 1.807) is 0 Å². The van der Waals surface area contributed by atoms with Crippen molar-refractivity contribution in [2.45, 2.75) is 6.92 Å². The van der Waals surface area contributed by atoms with E-state index in [1.807, 2.05) is 0 Å². The van der Waals surface area contributed by atoms with Crippen LogP contribution >= 0.6 is 15.9 Å². The van der Waals surface area contributed by atoms with Gasteiger partial charge in [-0.3, -0.25) is 0 Å². The Morgan fingerprint density at radius 3 is 2.46 bits per heavy atom. The average molecular weight is 247 g/mol. The molecule has 0 amide bonds. The number of halogens is 1.